The zero-order valence-corrected chi connectivity index (χ0v) is 16.9. The van der Waals surface area contributed by atoms with E-state index >= 15 is 0 Å². The van der Waals surface area contributed by atoms with E-state index in [1.807, 2.05) is 35.8 Å². The van der Waals surface area contributed by atoms with E-state index in [0.29, 0.717) is 31.3 Å². The fourth-order valence-electron chi connectivity index (χ4n) is 3.11. The molecular weight excluding hydrogens is 387 g/mol. The maximum atomic E-state index is 13.2. The van der Waals surface area contributed by atoms with Crippen molar-refractivity contribution >= 4 is 28.8 Å². The van der Waals surface area contributed by atoms with Gasteiger partial charge in [-0.1, -0.05) is 24.3 Å². The maximum Gasteiger partial charge on any atom is 0.246 e. The van der Waals surface area contributed by atoms with Gasteiger partial charge in [0.2, 0.25) is 17.8 Å². The number of amides is 2. The molecule has 0 unspecified atom stereocenters. The van der Waals surface area contributed by atoms with Gasteiger partial charge < -0.3 is 14.6 Å². The van der Waals surface area contributed by atoms with E-state index in [1.54, 1.807) is 12.1 Å². The van der Waals surface area contributed by atoms with Crippen molar-refractivity contribution in [2.24, 2.45) is 0 Å². The third-order valence-corrected chi connectivity index (χ3v) is 4.48. The molecule has 1 heterocycles. The molecule has 1 aromatic heterocycles. The van der Waals surface area contributed by atoms with Gasteiger partial charge in [0.05, 0.1) is 24.0 Å². The quantitative estimate of drug-likeness (QED) is 0.502. The third kappa shape index (κ3) is 5.87. The zero-order valence-electron chi connectivity index (χ0n) is 16.9. The predicted octanol–water partition coefficient (Wildman–Crippen LogP) is 2.90. The van der Waals surface area contributed by atoms with Gasteiger partial charge in [-0.2, -0.15) is 0 Å². The molecule has 8 heteroatoms. The number of para-hydroxylation sites is 2. The number of carbonyl (C=O) groups excluding carboxylic acids is 2. The molecule has 0 atom stereocenters. The molecule has 0 saturated heterocycles. The van der Waals surface area contributed by atoms with Crippen LogP contribution in [0.3, 0.4) is 0 Å². The van der Waals surface area contributed by atoms with Crippen molar-refractivity contribution in [3.8, 4) is 0 Å². The van der Waals surface area contributed by atoms with Crippen LogP contribution in [-0.4, -0.2) is 41.1 Å². The Hall–Kier alpha value is -3.26. The standard InChI is InChI=1S/C22H25FN4O3/c1-2-30-12-6-11-27-19-10-4-3-9-18(19)25-22(27)26-21(29)15-24-20(28)14-16-7-5-8-17(23)13-16/h3-5,7-10,13H,2,6,11-12,14-15H2,1H3,(H,24,28)(H,25,26,29). The third-order valence-electron chi connectivity index (χ3n) is 4.48. The molecule has 0 fully saturated rings. The minimum atomic E-state index is -0.402. The van der Waals surface area contributed by atoms with Crippen molar-refractivity contribution in [3.05, 3.63) is 59.9 Å². The van der Waals surface area contributed by atoms with Gasteiger partial charge in [0.25, 0.3) is 0 Å². The predicted molar refractivity (Wildman–Crippen MR) is 113 cm³/mol. The van der Waals surface area contributed by atoms with Crippen LogP contribution in [0.25, 0.3) is 11.0 Å². The van der Waals surface area contributed by atoms with E-state index in [-0.39, 0.29) is 24.8 Å². The SMILES string of the molecule is CCOCCCn1c(NC(=O)CNC(=O)Cc2cccc(F)c2)nc2ccccc21. The second-order valence-corrected chi connectivity index (χ2v) is 6.76. The molecule has 3 rings (SSSR count). The number of anilines is 1. The summed E-state index contributed by atoms with van der Waals surface area (Å²) >= 11 is 0. The van der Waals surface area contributed by atoms with Gasteiger partial charge in [-0.25, -0.2) is 9.37 Å². The molecule has 0 radical (unpaired) electrons. The Balaban J connectivity index is 1.59. The minimum Gasteiger partial charge on any atom is -0.382 e. The lowest BCUT2D eigenvalue weighted by Gasteiger charge is -2.11. The van der Waals surface area contributed by atoms with Gasteiger partial charge in [0.15, 0.2) is 0 Å². The van der Waals surface area contributed by atoms with Gasteiger partial charge >= 0.3 is 0 Å². The number of nitrogens with zero attached hydrogens (tertiary/aromatic N) is 2. The van der Waals surface area contributed by atoms with E-state index in [2.05, 4.69) is 15.6 Å². The number of fused-ring (bicyclic) bond motifs is 1. The van der Waals surface area contributed by atoms with E-state index in [4.69, 9.17) is 4.74 Å². The van der Waals surface area contributed by atoms with Gasteiger partial charge in [-0.15, -0.1) is 0 Å². The Morgan fingerprint density at radius 1 is 1.13 bits per heavy atom. The summed E-state index contributed by atoms with van der Waals surface area (Å²) in [5.41, 5.74) is 2.24. The first-order chi connectivity index (χ1) is 14.6. The second-order valence-electron chi connectivity index (χ2n) is 6.76. The first-order valence-corrected chi connectivity index (χ1v) is 9.91. The number of rotatable bonds is 10. The summed E-state index contributed by atoms with van der Waals surface area (Å²) in [4.78, 5) is 28.9. The summed E-state index contributed by atoms with van der Waals surface area (Å²) in [6, 6.07) is 13.4. The van der Waals surface area contributed by atoms with Crippen LogP contribution in [0.4, 0.5) is 10.3 Å². The lowest BCUT2D eigenvalue weighted by atomic mass is 10.1. The van der Waals surface area contributed by atoms with Gasteiger partial charge in [0, 0.05) is 19.8 Å². The van der Waals surface area contributed by atoms with Crippen LogP contribution in [0.1, 0.15) is 18.9 Å². The number of aryl methyl sites for hydroxylation is 1. The topological polar surface area (TPSA) is 85.2 Å². The highest BCUT2D eigenvalue weighted by atomic mass is 19.1. The van der Waals surface area contributed by atoms with Crippen molar-refractivity contribution in [1.82, 2.24) is 14.9 Å². The minimum absolute atomic E-state index is 0.000973. The van der Waals surface area contributed by atoms with Crippen LogP contribution in [0, 0.1) is 5.82 Å². The Kier molecular flexibility index (Phi) is 7.51. The van der Waals surface area contributed by atoms with Gasteiger partial charge in [-0.05, 0) is 43.2 Å². The van der Waals surface area contributed by atoms with Crippen molar-refractivity contribution < 1.29 is 18.7 Å². The number of halogens is 1. The summed E-state index contributed by atoms with van der Waals surface area (Å²) in [6.07, 6.45) is 0.780. The Morgan fingerprint density at radius 2 is 1.97 bits per heavy atom. The highest BCUT2D eigenvalue weighted by Gasteiger charge is 2.14. The second kappa shape index (κ2) is 10.5. The van der Waals surface area contributed by atoms with Crippen LogP contribution in [0.5, 0.6) is 0 Å². The number of aromatic nitrogens is 2. The molecule has 30 heavy (non-hydrogen) atoms. The van der Waals surface area contributed by atoms with Crippen molar-refractivity contribution in [3.63, 3.8) is 0 Å². The van der Waals surface area contributed by atoms with E-state index < -0.39 is 5.82 Å². The van der Waals surface area contributed by atoms with E-state index in [1.165, 1.54) is 12.1 Å². The molecule has 0 saturated carbocycles. The molecule has 7 nitrogen and oxygen atoms in total. The lowest BCUT2D eigenvalue weighted by molar-refractivity contribution is -0.123. The van der Waals surface area contributed by atoms with Crippen LogP contribution >= 0.6 is 0 Å². The molecule has 0 aliphatic rings. The Morgan fingerprint density at radius 3 is 2.77 bits per heavy atom. The smallest absolute Gasteiger partial charge is 0.246 e. The highest BCUT2D eigenvalue weighted by molar-refractivity contribution is 5.95. The monoisotopic (exact) mass is 412 g/mol. The average Bonchev–Trinajstić information content (AvgIpc) is 3.07. The summed E-state index contributed by atoms with van der Waals surface area (Å²) in [5.74, 6) is -0.719. The molecular formula is C22H25FN4O3. The van der Waals surface area contributed by atoms with Crippen molar-refractivity contribution in [2.75, 3.05) is 25.1 Å². The van der Waals surface area contributed by atoms with Crippen molar-refractivity contribution in [2.45, 2.75) is 26.3 Å². The largest absolute Gasteiger partial charge is 0.382 e. The van der Waals surface area contributed by atoms with Crippen LogP contribution < -0.4 is 10.6 Å². The number of ether oxygens (including phenoxy) is 1. The van der Waals surface area contributed by atoms with Crippen molar-refractivity contribution in [1.29, 1.82) is 0 Å². The van der Waals surface area contributed by atoms with Crippen LogP contribution in [-0.2, 0) is 27.3 Å². The number of nitrogens with one attached hydrogen (secondary N) is 2. The molecule has 0 aliphatic carbocycles. The molecule has 158 valence electrons. The van der Waals surface area contributed by atoms with E-state index in [9.17, 15) is 14.0 Å². The first-order valence-electron chi connectivity index (χ1n) is 9.91. The molecule has 2 aromatic carbocycles. The number of carbonyl (C=O) groups is 2. The average molecular weight is 412 g/mol. The number of imidazole rings is 1. The molecule has 0 bridgehead atoms. The summed E-state index contributed by atoms with van der Waals surface area (Å²) in [5, 5.41) is 5.32. The molecule has 3 aromatic rings. The molecule has 2 N–H and O–H groups in total. The van der Waals surface area contributed by atoms with Gasteiger partial charge in [0.1, 0.15) is 5.82 Å². The van der Waals surface area contributed by atoms with Crippen LogP contribution in [0.15, 0.2) is 48.5 Å². The normalized spacial score (nSPS) is 10.9. The fraction of sp³-hybridized carbons (Fsp3) is 0.318. The first kappa shape index (κ1) is 21.4. The van der Waals surface area contributed by atoms with E-state index in [0.717, 1.165) is 17.5 Å². The molecule has 0 aliphatic heterocycles. The molecule has 0 spiro atoms. The summed E-state index contributed by atoms with van der Waals surface area (Å²) in [7, 11) is 0. The summed E-state index contributed by atoms with van der Waals surface area (Å²) in [6.45, 7) is 3.66. The summed E-state index contributed by atoms with van der Waals surface area (Å²) < 4.78 is 20.5. The fourth-order valence-corrected chi connectivity index (χ4v) is 3.11. The lowest BCUT2D eigenvalue weighted by Crippen LogP contribution is -2.34. The maximum absolute atomic E-state index is 13.2. The highest BCUT2D eigenvalue weighted by Crippen LogP contribution is 2.20. The Bertz CT molecular complexity index is 1020. The Labute approximate surface area is 174 Å². The number of benzene rings is 2. The zero-order chi connectivity index (χ0) is 21.3. The van der Waals surface area contributed by atoms with Crippen LogP contribution in [0.2, 0.25) is 0 Å². The number of hydrogen-bond acceptors (Lipinski definition) is 4. The molecule has 2 amide bonds. The van der Waals surface area contributed by atoms with Gasteiger partial charge in [-0.3, -0.25) is 14.9 Å². The number of hydrogen-bond donors (Lipinski definition) is 2.